The predicted molar refractivity (Wildman–Crippen MR) is 78.2 cm³/mol. The zero-order valence-corrected chi connectivity index (χ0v) is 12.6. The standard InChI is InChI=1S/C16H31NO2/c1-12-10-15(11-13(2)19-12)17-9-5-7-14-6-3-4-8-16(14)18/h12-18H,3-11H2,1-2H3. The Labute approximate surface area is 118 Å². The van der Waals surface area contributed by atoms with Crippen molar-refractivity contribution in [1.29, 1.82) is 0 Å². The zero-order valence-electron chi connectivity index (χ0n) is 12.6. The fraction of sp³-hybridized carbons (Fsp3) is 1.00. The third kappa shape index (κ3) is 5.05. The van der Waals surface area contributed by atoms with Crippen LogP contribution in [0.25, 0.3) is 0 Å². The van der Waals surface area contributed by atoms with Gasteiger partial charge in [-0.1, -0.05) is 12.8 Å². The minimum atomic E-state index is -0.0307. The van der Waals surface area contributed by atoms with Crippen LogP contribution in [0.15, 0.2) is 0 Å². The first-order valence-corrected chi connectivity index (χ1v) is 8.22. The molecule has 0 radical (unpaired) electrons. The van der Waals surface area contributed by atoms with E-state index in [1.165, 1.54) is 32.1 Å². The van der Waals surface area contributed by atoms with Crippen molar-refractivity contribution < 1.29 is 9.84 Å². The molecule has 0 aromatic heterocycles. The molecule has 1 aliphatic carbocycles. The van der Waals surface area contributed by atoms with Crippen molar-refractivity contribution in [2.45, 2.75) is 89.6 Å². The second-order valence-electron chi connectivity index (χ2n) is 6.63. The van der Waals surface area contributed by atoms with Crippen molar-refractivity contribution in [3.05, 3.63) is 0 Å². The van der Waals surface area contributed by atoms with Gasteiger partial charge >= 0.3 is 0 Å². The average Bonchev–Trinajstić information content (AvgIpc) is 2.35. The second-order valence-corrected chi connectivity index (χ2v) is 6.63. The number of aliphatic hydroxyl groups excluding tert-OH is 1. The third-order valence-corrected chi connectivity index (χ3v) is 4.75. The van der Waals surface area contributed by atoms with E-state index < -0.39 is 0 Å². The third-order valence-electron chi connectivity index (χ3n) is 4.75. The van der Waals surface area contributed by atoms with Crippen LogP contribution in [0.5, 0.6) is 0 Å². The van der Waals surface area contributed by atoms with E-state index in [0.717, 1.165) is 25.8 Å². The maximum atomic E-state index is 9.95. The number of nitrogens with one attached hydrogen (secondary N) is 1. The van der Waals surface area contributed by atoms with Gasteiger partial charge in [0.2, 0.25) is 0 Å². The SMILES string of the molecule is CC1CC(NCCCC2CCCCC2O)CC(C)O1. The lowest BCUT2D eigenvalue weighted by Crippen LogP contribution is -2.41. The molecule has 4 atom stereocenters. The molecule has 1 saturated carbocycles. The molecule has 0 bridgehead atoms. The van der Waals surface area contributed by atoms with Crippen LogP contribution < -0.4 is 5.32 Å². The van der Waals surface area contributed by atoms with Crippen molar-refractivity contribution in [3.63, 3.8) is 0 Å². The monoisotopic (exact) mass is 269 g/mol. The van der Waals surface area contributed by atoms with Crippen LogP contribution in [0.4, 0.5) is 0 Å². The van der Waals surface area contributed by atoms with Crippen molar-refractivity contribution in [2.24, 2.45) is 5.92 Å². The minimum Gasteiger partial charge on any atom is -0.393 e. The highest BCUT2D eigenvalue weighted by atomic mass is 16.5. The second kappa shape index (κ2) is 7.61. The molecule has 0 spiro atoms. The zero-order chi connectivity index (χ0) is 13.7. The Morgan fingerprint density at radius 3 is 2.47 bits per heavy atom. The fourth-order valence-corrected chi connectivity index (χ4v) is 3.77. The smallest absolute Gasteiger partial charge is 0.0568 e. The molecule has 2 rings (SSSR count). The maximum Gasteiger partial charge on any atom is 0.0568 e. The molecule has 2 N–H and O–H groups in total. The maximum absolute atomic E-state index is 9.95. The highest BCUT2D eigenvalue weighted by molar-refractivity contribution is 4.79. The Hall–Kier alpha value is -0.120. The van der Waals surface area contributed by atoms with E-state index in [-0.39, 0.29) is 6.10 Å². The lowest BCUT2D eigenvalue weighted by Gasteiger charge is -2.33. The first-order valence-electron chi connectivity index (χ1n) is 8.22. The van der Waals surface area contributed by atoms with Gasteiger partial charge in [0.05, 0.1) is 18.3 Å². The van der Waals surface area contributed by atoms with Crippen molar-refractivity contribution in [1.82, 2.24) is 5.32 Å². The predicted octanol–water partition coefficient (Wildman–Crippen LogP) is 2.86. The van der Waals surface area contributed by atoms with Gasteiger partial charge in [0.15, 0.2) is 0 Å². The highest BCUT2D eigenvalue weighted by Crippen LogP contribution is 2.27. The summed E-state index contributed by atoms with van der Waals surface area (Å²) in [6, 6.07) is 0.620. The van der Waals surface area contributed by atoms with Gasteiger partial charge in [-0.05, 0) is 64.8 Å². The summed E-state index contributed by atoms with van der Waals surface area (Å²) in [6.45, 7) is 5.43. The van der Waals surface area contributed by atoms with E-state index in [1.54, 1.807) is 0 Å². The van der Waals surface area contributed by atoms with Crippen molar-refractivity contribution in [2.75, 3.05) is 6.54 Å². The molecule has 2 aliphatic rings. The van der Waals surface area contributed by atoms with E-state index in [4.69, 9.17) is 4.74 Å². The van der Waals surface area contributed by atoms with Crippen LogP contribution in [0, 0.1) is 5.92 Å². The van der Waals surface area contributed by atoms with Gasteiger partial charge in [-0.3, -0.25) is 0 Å². The number of hydrogen-bond acceptors (Lipinski definition) is 3. The molecule has 2 fully saturated rings. The molecule has 19 heavy (non-hydrogen) atoms. The van der Waals surface area contributed by atoms with Gasteiger partial charge in [0.25, 0.3) is 0 Å². The summed E-state index contributed by atoms with van der Waals surface area (Å²) in [4.78, 5) is 0. The van der Waals surface area contributed by atoms with E-state index in [1.807, 2.05) is 0 Å². The molecular weight excluding hydrogens is 238 g/mol. The lowest BCUT2D eigenvalue weighted by atomic mass is 9.83. The first-order chi connectivity index (χ1) is 9.15. The molecule has 3 nitrogen and oxygen atoms in total. The van der Waals surface area contributed by atoms with E-state index in [9.17, 15) is 5.11 Å². The molecule has 1 aliphatic heterocycles. The van der Waals surface area contributed by atoms with Crippen LogP contribution in [-0.4, -0.2) is 36.0 Å². The number of aliphatic hydroxyl groups is 1. The van der Waals surface area contributed by atoms with Gasteiger partial charge in [0, 0.05) is 6.04 Å². The van der Waals surface area contributed by atoms with Crippen LogP contribution in [-0.2, 0) is 4.74 Å². The van der Waals surface area contributed by atoms with Gasteiger partial charge in [-0.15, -0.1) is 0 Å². The van der Waals surface area contributed by atoms with Crippen LogP contribution in [0.1, 0.15) is 65.2 Å². The molecule has 3 heteroatoms. The summed E-state index contributed by atoms with van der Waals surface area (Å²) < 4.78 is 5.76. The molecule has 4 unspecified atom stereocenters. The molecule has 0 aromatic rings. The summed E-state index contributed by atoms with van der Waals surface area (Å²) in [5, 5.41) is 13.6. The summed E-state index contributed by atoms with van der Waals surface area (Å²) in [5.41, 5.74) is 0. The lowest BCUT2D eigenvalue weighted by molar-refractivity contribution is -0.0420. The van der Waals surface area contributed by atoms with Gasteiger partial charge < -0.3 is 15.2 Å². The Bertz CT molecular complexity index is 249. The van der Waals surface area contributed by atoms with Gasteiger partial charge in [0.1, 0.15) is 0 Å². The molecule has 0 aromatic carbocycles. The Morgan fingerprint density at radius 2 is 1.79 bits per heavy atom. The molecular formula is C16H31NO2. The van der Waals surface area contributed by atoms with Crippen LogP contribution >= 0.6 is 0 Å². The Balaban J connectivity index is 1.58. The summed E-state index contributed by atoms with van der Waals surface area (Å²) in [7, 11) is 0. The van der Waals surface area contributed by atoms with Gasteiger partial charge in [-0.2, -0.15) is 0 Å². The van der Waals surface area contributed by atoms with Crippen molar-refractivity contribution >= 4 is 0 Å². The van der Waals surface area contributed by atoms with Gasteiger partial charge in [-0.25, -0.2) is 0 Å². The normalized spacial score (nSPS) is 40.3. The topological polar surface area (TPSA) is 41.5 Å². The van der Waals surface area contributed by atoms with E-state index >= 15 is 0 Å². The van der Waals surface area contributed by atoms with Crippen molar-refractivity contribution in [3.8, 4) is 0 Å². The summed E-state index contributed by atoms with van der Waals surface area (Å²) in [6.07, 6.45) is 10.2. The minimum absolute atomic E-state index is 0.0307. The molecule has 0 amide bonds. The number of rotatable bonds is 5. The summed E-state index contributed by atoms with van der Waals surface area (Å²) >= 11 is 0. The number of hydrogen-bond donors (Lipinski definition) is 2. The number of ether oxygens (including phenoxy) is 1. The Morgan fingerprint density at radius 1 is 1.11 bits per heavy atom. The van der Waals surface area contributed by atoms with E-state index in [0.29, 0.717) is 24.2 Å². The first kappa shape index (κ1) is 15.3. The largest absolute Gasteiger partial charge is 0.393 e. The fourth-order valence-electron chi connectivity index (χ4n) is 3.77. The Kier molecular flexibility index (Phi) is 6.11. The molecule has 112 valence electrons. The molecule has 1 heterocycles. The average molecular weight is 269 g/mol. The van der Waals surface area contributed by atoms with E-state index in [2.05, 4.69) is 19.2 Å². The molecule has 1 saturated heterocycles. The summed E-state index contributed by atoms with van der Waals surface area (Å²) in [5.74, 6) is 0.558. The quantitative estimate of drug-likeness (QED) is 0.754. The van der Waals surface area contributed by atoms with Crippen LogP contribution in [0.3, 0.4) is 0 Å². The highest BCUT2D eigenvalue weighted by Gasteiger charge is 2.25. The van der Waals surface area contributed by atoms with Crippen LogP contribution in [0.2, 0.25) is 0 Å².